The molecule has 2 aliphatic carbocycles. The highest BCUT2D eigenvalue weighted by atomic mass is 35.5. The van der Waals surface area contributed by atoms with E-state index in [1.54, 1.807) is 54.2 Å². The number of benzene rings is 3. The number of halogens is 4. The number of fused-ring (bicyclic) bond motifs is 9. The van der Waals surface area contributed by atoms with Crippen molar-refractivity contribution in [3.63, 3.8) is 0 Å². The fourth-order valence-corrected chi connectivity index (χ4v) is 11.2. The second-order valence-corrected chi connectivity index (χ2v) is 15.1. The fraction of sp³-hybridized carbons (Fsp3) is 0.294. The van der Waals surface area contributed by atoms with Gasteiger partial charge in [0.15, 0.2) is 6.61 Å². The first-order valence-electron chi connectivity index (χ1n) is 15.2. The molecule has 4 aromatic rings. The molecule has 14 heteroatoms. The number of hydrogen-bond acceptors (Lipinski definition) is 7. The van der Waals surface area contributed by atoms with E-state index in [1.165, 1.54) is 17.0 Å². The lowest BCUT2D eigenvalue weighted by molar-refractivity contribution is -0.137. The van der Waals surface area contributed by atoms with Crippen molar-refractivity contribution in [2.45, 2.75) is 28.8 Å². The highest BCUT2D eigenvalue weighted by Crippen LogP contribution is 2.68. The van der Waals surface area contributed by atoms with E-state index in [9.17, 15) is 32.3 Å². The van der Waals surface area contributed by atoms with Gasteiger partial charge in [0.1, 0.15) is 5.75 Å². The fourth-order valence-electron chi connectivity index (χ4n) is 8.15. The molecule has 2 aliphatic heterocycles. The number of imide groups is 1. The molecule has 3 amide bonds. The van der Waals surface area contributed by atoms with Gasteiger partial charge in [-0.2, -0.15) is 13.2 Å². The Kier molecular flexibility index (Phi) is 7.49. The monoisotopic (exact) mass is 711 g/mol. The molecule has 3 fully saturated rings. The van der Waals surface area contributed by atoms with E-state index in [1.807, 2.05) is 6.07 Å². The van der Waals surface area contributed by atoms with Crippen LogP contribution in [0.1, 0.15) is 28.3 Å². The van der Waals surface area contributed by atoms with Crippen LogP contribution in [0.5, 0.6) is 5.75 Å². The van der Waals surface area contributed by atoms with Crippen molar-refractivity contribution >= 4 is 63.8 Å². The van der Waals surface area contributed by atoms with Crippen molar-refractivity contribution in [2.24, 2.45) is 29.6 Å². The van der Waals surface area contributed by atoms with Crippen LogP contribution in [0, 0.1) is 29.6 Å². The summed E-state index contributed by atoms with van der Waals surface area (Å²) in [6, 6.07) is 18.2. The minimum Gasteiger partial charge on any atom is -0.484 e. The zero-order chi connectivity index (χ0) is 33.5. The molecule has 0 spiro atoms. The molecule has 1 aromatic heterocycles. The maximum atomic E-state index is 13.9. The Morgan fingerprint density at radius 3 is 2.46 bits per heavy atom. The third-order valence-corrected chi connectivity index (χ3v) is 12.7. The van der Waals surface area contributed by atoms with Crippen LogP contribution in [0.2, 0.25) is 5.02 Å². The second-order valence-electron chi connectivity index (χ2n) is 12.4. The molecule has 48 heavy (non-hydrogen) atoms. The Balaban J connectivity index is 1.06. The maximum absolute atomic E-state index is 13.9. The van der Waals surface area contributed by atoms with Crippen molar-refractivity contribution < 1.29 is 32.3 Å². The van der Waals surface area contributed by atoms with E-state index >= 15 is 0 Å². The summed E-state index contributed by atoms with van der Waals surface area (Å²) in [5.74, 6) is -2.03. The Labute approximate surface area is 284 Å². The van der Waals surface area contributed by atoms with E-state index in [-0.39, 0.29) is 51.3 Å². The first-order chi connectivity index (χ1) is 23.0. The van der Waals surface area contributed by atoms with Gasteiger partial charge in [-0.3, -0.25) is 24.1 Å². The van der Waals surface area contributed by atoms with E-state index in [2.05, 4.69) is 10.3 Å². The Bertz CT molecular complexity index is 2030. The number of alkyl halides is 3. The molecule has 246 valence electrons. The Morgan fingerprint density at radius 2 is 1.71 bits per heavy atom. The van der Waals surface area contributed by atoms with Crippen LogP contribution in [0.4, 0.5) is 24.5 Å². The SMILES string of the molecule is O=C(COc1cccc([C@H]2c3sc(=O)[nH]c3SC3C4CC(C5C(=O)N(c6ccc(Cl)cc6)C(=O)C45)C32)c1)Nc1cccc(C(F)(F)F)c1. The van der Waals surface area contributed by atoms with Crippen LogP contribution in [-0.4, -0.2) is 34.6 Å². The summed E-state index contributed by atoms with van der Waals surface area (Å²) in [6.45, 7) is -0.444. The van der Waals surface area contributed by atoms with Gasteiger partial charge < -0.3 is 15.0 Å². The van der Waals surface area contributed by atoms with Crippen LogP contribution >= 0.6 is 34.7 Å². The largest absolute Gasteiger partial charge is 0.484 e. The number of carbonyl (C=O) groups excluding carboxylic acids is 3. The van der Waals surface area contributed by atoms with Crippen molar-refractivity contribution in [3.8, 4) is 5.75 Å². The van der Waals surface area contributed by atoms with Crippen molar-refractivity contribution in [1.82, 2.24) is 4.98 Å². The lowest BCUT2D eigenvalue weighted by atomic mass is 9.68. The number of amides is 3. The molecule has 2 saturated carbocycles. The third-order valence-electron chi connectivity index (χ3n) is 9.87. The first kappa shape index (κ1) is 31.2. The quantitative estimate of drug-likeness (QED) is 0.213. The number of carbonyl (C=O) groups is 3. The minimum atomic E-state index is -4.54. The standard InChI is InChI=1S/C34H25ClF3N3O5S2/c35-17-7-9-19(10-8-17)41-31(43)26-21-13-22(27(26)32(41)44)28-25(21)24(29-30(47-28)40-33(45)48-29)15-3-1-6-20(11-15)46-14-23(42)39-18-5-2-4-16(12-18)34(36,37)38/h1-12,21-22,24-28H,13-14H2,(H,39,42)(H,40,45)/t21?,22?,24-,25?,26?,27?,28?/m1/s1. The van der Waals surface area contributed by atoms with Gasteiger partial charge in [0.05, 0.1) is 28.1 Å². The second kappa shape index (κ2) is 11.5. The number of anilines is 2. The summed E-state index contributed by atoms with van der Waals surface area (Å²) in [5, 5.41) is 3.70. The van der Waals surface area contributed by atoms with Gasteiger partial charge in [-0.15, -0.1) is 11.8 Å². The van der Waals surface area contributed by atoms with Crippen LogP contribution in [0.25, 0.3) is 0 Å². The van der Waals surface area contributed by atoms with Gasteiger partial charge >= 0.3 is 11.0 Å². The molecule has 1 saturated heterocycles. The highest BCUT2D eigenvalue weighted by molar-refractivity contribution is 8.00. The van der Waals surface area contributed by atoms with Crippen LogP contribution in [0.3, 0.4) is 0 Å². The van der Waals surface area contributed by atoms with Gasteiger partial charge in [-0.05, 0) is 84.3 Å². The number of thioether (sulfide) groups is 1. The minimum absolute atomic E-state index is 0.00280. The van der Waals surface area contributed by atoms with E-state index in [0.29, 0.717) is 16.5 Å². The molecule has 8 nitrogen and oxygen atoms in total. The Morgan fingerprint density at radius 1 is 0.979 bits per heavy atom. The number of aromatic nitrogens is 1. The van der Waals surface area contributed by atoms with Crippen molar-refractivity contribution in [3.05, 3.63) is 103 Å². The van der Waals surface area contributed by atoms with Gasteiger partial charge in [0.25, 0.3) is 5.91 Å². The lowest BCUT2D eigenvalue weighted by Crippen LogP contribution is -2.42. The number of rotatable bonds is 6. The molecule has 3 heterocycles. The van der Waals surface area contributed by atoms with E-state index in [4.69, 9.17) is 16.3 Å². The molecule has 2 bridgehead atoms. The summed E-state index contributed by atoms with van der Waals surface area (Å²) < 4.78 is 45.1. The van der Waals surface area contributed by atoms with Crippen LogP contribution < -0.4 is 19.8 Å². The molecule has 3 aromatic carbocycles. The number of thiazole rings is 1. The van der Waals surface area contributed by atoms with Gasteiger partial charge in [0.2, 0.25) is 11.8 Å². The molecule has 7 atom stereocenters. The molecule has 6 unspecified atom stereocenters. The summed E-state index contributed by atoms with van der Waals surface area (Å²) in [5.41, 5.74) is 0.461. The normalized spacial score (nSPS) is 27.1. The van der Waals surface area contributed by atoms with Crippen LogP contribution in [-0.2, 0) is 20.6 Å². The number of H-pyrrole nitrogens is 1. The number of nitrogens with one attached hydrogen (secondary N) is 2. The highest BCUT2D eigenvalue weighted by Gasteiger charge is 2.69. The van der Waals surface area contributed by atoms with Gasteiger partial charge in [0, 0.05) is 26.8 Å². The van der Waals surface area contributed by atoms with Gasteiger partial charge in [-0.1, -0.05) is 41.1 Å². The van der Waals surface area contributed by atoms with E-state index < -0.39 is 36.1 Å². The maximum Gasteiger partial charge on any atom is 0.416 e. The summed E-state index contributed by atoms with van der Waals surface area (Å²) in [4.78, 5) is 57.9. The van der Waals surface area contributed by atoms with Crippen LogP contribution in [0.15, 0.2) is 82.6 Å². The molecular formula is C34H25ClF3N3O5S2. The molecular weight excluding hydrogens is 687 g/mol. The third kappa shape index (κ3) is 5.14. The topological polar surface area (TPSA) is 109 Å². The summed E-state index contributed by atoms with van der Waals surface area (Å²) >= 11 is 8.78. The molecule has 2 N–H and O–H groups in total. The zero-order valence-electron chi connectivity index (χ0n) is 24.7. The summed E-state index contributed by atoms with van der Waals surface area (Å²) in [7, 11) is 0. The average Bonchev–Trinajstić information content (AvgIpc) is 3.79. The predicted molar refractivity (Wildman–Crippen MR) is 174 cm³/mol. The predicted octanol–water partition coefficient (Wildman–Crippen LogP) is 6.80. The average molecular weight is 712 g/mol. The number of nitrogens with zero attached hydrogens (tertiary/aromatic N) is 1. The number of aromatic amines is 1. The first-order valence-corrected chi connectivity index (χ1v) is 17.3. The number of ether oxygens (including phenoxy) is 1. The smallest absolute Gasteiger partial charge is 0.416 e. The Hall–Kier alpha value is -4.07. The summed E-state index contributed by atoms with van der Waals surface area (Å²) in [6.07, 6.45) is -3.82. The van der Waals surface area contributed by atoms with Crippen molar-refractivity contribution in [1.29, 1.82) is 0 Å². The molecule has 8 rings (SSSR count). The number of hydrogen-bond donors (Lipinski definition) is 2. The van der Waals surface area contributed by atoms with E-state index in [0.717, 1.165) is 45.4 Å². The molecule has 4 aliphatic rings. The van der Waals surface area contributed by atoms with Crippen molar-refractivity contribution in [2.75, 3.05) is 16.8 Å². The molecule has 0 radical (unpaired) electrons. The zero-order valence-corrected chi connectivity index (χ0v) is 27.1. The lowest BCUT2D eigenvalue weighted by Gasteiger charge is -2.43. The van der Waals surface area contributed by atoms with Gasteiger partial charge in [-0.25, -0.2) is 0 Å².